The molecular formula is C11H8BrN5O2S. The molecule has 1 aromatic heterocycles. The summed E-state index contributed by atoms with van der Waals surface area (Å²) in [5.74, 6) is -0.450. The minimum absolute atomic E-state index is 0.0816. The first-order chi connectivity index (χ1) is 9.63. The van der Waals surface area contributed by atoms with Crippen molar-refractivity contribution in [2.24, 2.45) is 0 Å². The van der Waals surface area contributed by atoms with E-state index in [0.29, 0.717) is 15.6 Å². The number of ether oxygens (including phenoxy) is 1. The molecule has 0 unspecified atom stereocenters. The molecule has 0 fully saturated rings. The fourth-order valence-corrected chi connectivity index (χ4v) is 2.73. The van der Waals surface area contributed by atoms with E-state index < -0.39 is 5.97 Å². The molecule has 1 aromatic carbocycles. The number of nitriles is 1. The number of rotatable bonds is 4. The number of nitrogens with zero attached hydrogens (tertiary/aromatic N) is 5. The van der Waals surface area contributed by atoms with Crippen molar-refractivity contribution in [2.45, 2.75) is 16.6 Å². The van der Waals surface area contributed by atoms with Crippen LogP contribution in [-0.4, -0.2) is 33.3 Å². The predicted octanol–water partition coefficient (Wildman–Crippen LogP) is 1.63. The van der Waals surface area contributed by atoms with Gasteiger partial charge in [-0.2, -0.15) is 5.26 Å². The molecule has 0 spiro atoms. The Morgan fingerprint density at radius 1 is 1.60 bits per heavy atom. The molecule has 0 amide bonds. The number of hydrogen-bond acceptors (Lipinski definition) is 7. The van der Waals surface area contributed by atoms with Crippen LogP contribution in [0.15, 0.2) is 32.7 Å². The fourth-order valence-electron chi connectivity index (χ4n) is 1.33. The molecule has 0 saturated heterocycles. The van der Waals surface area contributed by atoms with Crippen LogP contribution in [-0.2, 0) is 16.1 Å². The maximum absolute atomic E-state index is 11.3. The van der Waals surface area contributed by atoms with Gasteiger partial charge in [0.2, 0.25) is 5.16 Å². The van der Waals surface area contributed by atoms with Gasteiger partial charge in [0, 0.05) is 9.37 Å². The number of carbonyl (C=O) groups is 1. The number of esters is 1. The number of benzene rings is 1. The van der Waals surface area contributed by atoms with Crippen molar-refractivity contribution < 1.29 is 9.53 Å². The quantitative estimate of drug-likeness (QED) is 0.771. The SMILES string of the molecule is COC(=O)Cn1nnnc1Sc1cc(Br)ccc1C#N. The maximum Gasteiger partial charge on any atom is 0.327 e. The first-order valence-corrected chi connectivity index (χ1v) is 6.95. The summed E-state index contributed by atoms with van der Waals surface area (Å²) in [4.78, 5) is 12.0. The zero-order chi connectivity index (χ0) is 14.5. The molecule has 0 N–H and O–H groups in total. The van der Waals surface area contributed by atoms with Crippen LogP contribution in [0.3, 0.4) is 0 Å². The van der Waals surface area contributed by atoms with Gasteiger partial charge in [-0.1, -0.05) is 15.9 Å². The van der Waals surface area contributed by atoms with Crippen molar-refractivity contribution in [2.75, 3.05) is 7.11 Å². The van der Waals surface area contributed by atoms with Gasteiger partial charge in [0.05, 0.1) is 12.7 Å². The number of aromatic nitrogens is 4. The molecule has 9 heteroatoms. The Kier molecular flexibility index (Phi) is 4.70. The summed E-state index contributed by atoms with van der Waals surface area (Å²) in [6.45, 7) is -0.0816. The lowest BCUT2D eigenvalue weighted by Gasteiger charge is -2.05. The first kappa shape index (κ1) is 14.5. The molecule has 0 aliphatic carbocycles. The topological polar surface area (TPSA) is 93.7 Å². The standard InChI is InChI=1S/C11H8BrN5O2S/c1-19-10(18)6-17-11(14-15-16-17)20-9-4-8(12)3-2-7(9)5-13/h2-4H,6H2,1H3. The van der Waals surface area contributed by atoms with Crippen molar-refractivity contribution in [3.05, 3.63) is 28.2 Å². The molecule has 20 heavy (non-hydrogen) atoms. The normalized spacial score (nSPS) is 10.1. The monoisotopic (exact) mass is 353 g/mol. The Balaban J connectivity index is 2.27. The minimum Gasteiger partial charge on any atom is -0.468 e. The molecule has 0 aliphatic heterocycles. The van der Waals surface area contributed by atoms with Crippen LogP contribution in [0.25, 0.3) is 0 Å². The van der Waals surface area contributed by atoms with E-state index in [9.17, 15) is 4.79 Å². The van der Waals surface area contributed by atoms with Crippen LogP contribution >= 0.6 is 27.7 Å². The van der Waals surface area contributed by atoms with Gasteiger partial charge in [0.1, 0.15) is 12.6 Å². The molecule has 0 bridgehead atoms. The van der Waals surface area contributed by atoms with Crippen LogP contribution < -0.4 is 0 Å². The molecule has 2 rings (SSSR count). The highest BCUT2D eigenvalue weighted by molar-refractivity contribution is 9.10. The number of halogens is 1. The summed E-state index contributed by atoms with van der Waals surface area (Å²) in [7, 11) is 1.29. The molecule has 0 radical (unpaired) electrons. The summed E-state index contributed by atoms with van der Waals surface area (Å²) in [6.07, 6.45) is 0. The fraction of sp³-hybridized carbons (Fsp3) is 0.182. The van der Waals surface area contributed by atoms with E-state index in [2.05, 4.69) is 42.3 Å². The number of methoxy groups -OCH3 is 1. The highest BCUT2D eigenvalue weighted by Gasteiger charge is 2.14. The van der Waals surface area contributed by atoms with E-state index in [1.165, 1.54) is 23.6 Å². The van der Waals surface area contributed by atoms with Gasteiger partial charge in [-0.3, -0.25) is 4.79 Å². The van der Waals surface area contributed by atoms with Crippen molar-refractivity contribution in [3.8, 4) is 6.07 Å². The molecule has 2 aromatic rings. The Hall–Kier alpha value is -1.92. The first-order valence-electron chi connectivity index (χ1n) is 5.34. The summed E-state index contributed by atoms with van der Waals surface area (Å²) in [6, 6.07) is 7.36. The van der Waals surface area contributed by atoms with Gasteiger partial charge in [0.15, 0.2) is 0 Å². The second kappa shape index (κ2) is 6.49. The van der Waals surface area contributed by atoms with E-state index >= 15 is 0 Å². The summed E-state index contributed by atoms with van der Waals surface area (Å²) in [5, 5.41) is 20.6. The number of tetrazole rings is 1. The second-order valence-electron chi connectivity index (χ2n) is 3.55. The Morgan fingerprint density at radius 2 is 2.40 bits per heavy atom. The van der Waals surface area contributed by atoms with Crippen LogP contribution in [0.1, 0.15) is 5.56 Å². The van der Waals surface area contributed by atoms with Crippen molar-refractivity contribution >= 4 is 33.7 Å². The maximum atomic E-state index is 11.3. The third kappa shape index (κ3) is 3.34. The zero-order valence-corrected chi connectivity index (χ0v) is 12.7. The largest absolute Gasteiger partial charge is 0.468 e. The van der Waals surface area contributed by atoms with E-state index in [-0.39, 0.29) is 6.54 Å². The highest BCUT2D eigenvalue weighted by Crippen LogP contribution is 2.30. The van der Waals surface area contributed by atoms with Gasteiger partial charge < -0.3 is 4.74 Å². The predicted molar refractivity (Wildman–Crippen MR) is 72.8 cm³/mol. The number of carbonyl (C=O) groups excluding carboxylic acids is 1. The van der Waals surface area contributed by atoms with E-state index in [1.54, 1.807) is 18.2 Å². The lowest BCUT2D eigenvalue weighted by Crippen LogP contribution is -2.13. The third-order valence-electron chi connectivity index (χ3n) is 2.27. The molecule has 0 atom stereocenters. The van der Waals surface area contributed by atoms with Crippen LogP contribution in [0.2, 0.25) is 0 Å². The highest BCUT2D eigenvalue weighted by atomic mass is 79.9. The average molecular weight is 354 g/mol. The zero-order valence-electron chi connectivity index (χ0n) is 10.3. The van der Waals surface area contributed by atoms with Gasteiger partial charge in [0.25, 0.3) is 0 Å². The van der Waals surface area contributed by atoms with Crippen LogP contribution in [0, 0.1) is 11.3 Å². The Bertz CT molecular complexity index is 682. The van der Waals surface area contributed by atoms with Crippen molar-refractivity contribution in [1.29, 1.82) is 5.26 Å². The van der Waals surface area contributed by atoms with Gasteiger partial charge in [-0.15, -0.1) is 5.10 Å². The average Bonchev–Trinajstić information content (AvgIpc) is 2.86. The Labute approximate surface area is 127 Å². The van der Waals surface area contributed by atoms with Gasteiger partial charge >= 0.3 is 5.97 Å². The summed E-state index contributed by atoms with van der Waals surface area (Å²) >= 11 is 4.55. The van der Waals surface area contributed by atoms with E-state index in [1.807, 2.05) is 0 Å². The third-order valence-corrected chi connectivity index (χ3v) is 3.80. The Morgan fingerprint density at radius 3 is 3.10 bits per heavy atom. The molecular weight excluding hydrogens is 346 g/mol. The van der Waals surface area contributed by atoms with Crippen LogP contribution in [0.4, 0.5) is 0 Å². The van der Waals surface area contributed by atoms with Crippen molar-refractivity contribution in [3.63, 3.8) is 0 Å². The molecule has 102 valence electrons. The van der Waals surface area contributed by atoms with Crippen LogP contribution in [0.5, 0.6) is 0 Å². The summed E-state index contributed by atoms with van der Waals surface area (Å²) in [5.41, 5.74) is 0.505. The summed E-state index contributed by atoms with van der Waals surface area (Å²) < 4.78 is 6.73. The van der Waals surface area contributed by atoms with Gasteiger partial charge in [-0.25, -0.2) is 4.68 Å². The van der Waals surface area contributed by atoms with E-state index in [4.69, 9.17) is 5.26 Å². The lowest BCUT2D eigenvalue weighted by atomic mass is 10.2. The molecule has 0 aliphatic rings. The number of hydrogen-bond donors (Lipinski definition) is 0. The lowest BCUT2D eigenvalue weighted by molar-refractivity contribution is -0.141. The van der Waals surface area contributed by atoms with E-state index in [0.717, 1.165) is 4.47 Å². The minimum atomic E-state index is -0.450. The molecule has 0 saturated carbocycles. The van der Waals surface area contributed by atoms with Crippen molar-refractivity contribution in [1.82, 2.24) is 20.2 Å². The smallest absolute Gasteiger partial charge is 0.327 e. The molecule has 1 heterocycles. The molecule has 7 nitrogen and oxygen atoms in total. The van der Waals surface area contributed by atoms with Gasteiger partial charge in [-0.05, 0) is 40.4 Å². The second-order valence-corrected chi connectivity index (χ2v) is 5.47.